The minimum atomic E-state index is -0.230. The number of hydrogen-bond donors (Lipinski definition) is 1. The number of ether oxygens (including phenoxy) is 2. The highest BCUT2D eigenvalue weighted by atomic mass is 16.5. The fraction of sp³-hybridized carbons (Fsp3) is 0.619. The zero-order valence-corrected chi connectivity index (χ0v) is 17.2. The smallest absolute Gasteiger partial charge is 0.251 e. The zero-order valence-electron chi connectivity index (χ0n) is 17.2. The number of nitrogens with one attached hydrogen (secondary N) is 1. The average Bonchev–Trinajstić information content (AvgIpc) is 3.25. The van der Waals surface area contributed by atoms with Crippen LogP contribution in [0.3, 0.4) is 0 Å². The van der Waals surface area contributed by atoms with Crippen molar-refractivity contribution in [3.63, 3.8) is 0 Å². The van der Waals surface area contributed by atoms with E-state index in [1.807, 2.05) is 17.9 Å². The second-order valence-corrected chi connectivity index (χ2v) is 7.25. The van der Waals surface area contributed by atoms with Crippen LogP contribution >= 0.6 is 0 Å². The molecule has 1 unspecified atom stereocenters. The number of benzene rings is 1. The van der Waals surface area contributed by atoms with Gasteiger partial charge in [0.25, 0.3) is 5.91 Å². The Labute approximate surface area is 167 Å². The molecule has 0 aromatic heterocycles. The molecule has 7 heteroatoms. The largest absolute Gasteiger partial charge is 0.494 e. The predicted molar refractivity (Wildman–Crippen MR) is 110 cm³/mol. The van der Waals surface area contributed by atoms with E-state index < -0.39 is 0 Å². The van der Waals surface area contributed by atoms with Gasteiger partial charge in [-0.2, -0.15) is 0 Å². The van der Waals surface area contributed by atoms with Crippen molar-refractivity contribution in [2.24, 2.45) is 4.99 Å². The molecule has 0 radical (unpaired) electrons. The lowest BCUT2D eigenvalue weighted by Crippen LogP contribution is -2.55. The van der Waals surface area contributed by atoms with E-state index >= 15 is 0 Å². The maximum Gasteiger partial charge on any atom is 0.251 e. The van der Waals surface area contributed by atoms with Gasteiger partial charge in [-0.1, -0.05) is 12.1 Å². The highest BCUT2D eigenvalue weighted by Gasteiger charge is 2.30. The molecule has 1 N–H and O–H groups in total. The van der Waals surface area contributed by atoms with Crippen LogP contribution in [-0.4, -0.2) is 74.2 Å². The molecule has 2 fully saturated rings. The summed E-state index contributed by atoms with van der Waals surface area (Å²) >= 11 is 0. The first-order valence-corrected chi connectivity index (χ1v) is 10.2. The van der Waals surface area contributed by atoms with Crippen molar-refractivity contribution in [3.05, 3.63) is 29.3 Å². The van der Waals surface area contributed by atoms with Gasteiger partial charge >= 0.3 is 0 Å². The number of amides is 1. The second kappa shape index (κ2) is 9.78. The van der Waals surface area contributed by atoms with Gasteiger partial charge < -0.3 is 24.6 Å². The van der Waals surface area contributed by atoms with E-state index in [0.29, 0.717) is 32.8 Å². The first kappa shape index (κ1) is 20.5. The van der Waals surface area contributed by atoms with Crippen molar-refractivity contribution in [2.75, 3.05) is 46.4 Å². The van der Waals surface area contributed by atoms with Gasteiger partial charge in [0.15, 0.2) is 5.96 Å². The molecule has 2 aliphatic rings. The fourth-order valence-corrected chi connectivity index (χ4v) is 3.77. The SMILES string of the molecule is CCOc1ccc(CNC(=NC)N2CCN(C(=O)C3CCCO3)CC2)cc1C. The molecule has 28 heavy (non-hydrogen) atoms. The highest BCUT2D eigenvalue weighted by molar-refractivity contribution is 5.82. The Morgan fingerprint density at radius 1 is 1.29 bits per heavy atom. The van der Waals surface area contributed by atoms with Crippen molar-refractivity contribution >= 4 is 11.9 Å². The Hall–Kier alpha value is -2.28. The van der Waals surface area contributed by atoms with E-state index in [4.69, 9.17) is 9.47 Å². The van der Waals surface area contributed by atoms with Gasteiger partial charge in [-0.25, -0.2) is 0 Å². The topological polar surface area (TPSA) is 66.4 Å². The standard InChI is InChI=1S/C21H32N4O3/c1-4-27-18-8-7-17(14-16(18)2)15-23-21(22-3)25-11-9-24(10-12-25)20(26)19-6-5-13-28-19/h7-8,14,19H,4-6,9-13,15H2,1-3H3,(H,22,23). The van der Waals surface area contributed by atoms with Gasteiger partial charge in [-0.3, -0.25) is 9.79 Å². The Morgan fingerprint density at radius 2 is 2.04 bits per heavy atom. The van der Waals surface area contributed by atoms with E-state index in [9.17, 15) is 4.79 Å². The third-order valence-electron chi connectivity index (χ3n) is 5.30. The molecule has 154 valence electrons. The number of aryl methyl sites for hydroxylation is 1. The molecular weight excluding hydrogens is 356 g/mol. The summed E-state index contributed by atoms with van der Waals surface area (Å²) in [5.74, 6) is 1.95. The minimum Gasteiger partial charge on any atom is -0.494 e. The van der Waals surface area contributed by atoms with Crippen LogP contribution < -0.4 is 10.1 Å². The Kier molecular flexibility index (Phi) is 7.14. The van der Waals surface area contributed by atoms with Crippen LogP contribution in [0, 0.1) is 6.92 Å². The molecule has 1 aromatic carbocycles. The minimum absolute atomic E-state index is 0.143. The van der Waals surface area contributed by atoms with Gasteiger partial charge in [0, 0.05) is 46.4 Å². The number of aliphatic imine (C=N–C) groups is 1. The fourth-order valence-electron chi connectivity index (χ4n) is 3.77. The summed E-state index contributed by atoms with van der Waals surface area (Å²) in [5, 5.41) is 3.44. The maximum absolute atomic E-state index is 12.5. The summed E-state index contributed by atoms with van der Waals surface area (Å²) in [4.78, 5) is 21.0. The van der Waals surface area contributed by atoms with Crippen molar-refractivity contribution in [1.29, 1.82) is 0 Å². The number of hydrogen-bond acceptors (Lipinski definition) is 4. The van der Waals surface area contributed by atoms with E-state index in [1.54, 1.807) is 7.05 Å². The van der Waals surface area contributed by atoms with Crippen LogP contribution in [0.25, 0.3) is 0 Å². The third-order valence-corrected chi connectivity index (χ3v) is 5.30. The summed E-state index contributed by atoms with van der Waals surface area (Å²) in [7, 11) is 1.80. The molecule has 0 aliphatic carbocycles. The number of piperazine rings is 1. The molecule has 2 saturated heterocycles. The lowest BCUT2D eigenvalue weighted by molar-refractivity contribution is -0.142. The molecule has 1 aromatic rings. The highest BCUT2D eigenvalue weighted by Crippen LogP contribution is 2.19. The van der Waals surface area contributed by atoms with E-state index in [2.05, 4.69) is 34.3 Å². The molecule has 1 amide bonds. The average molecular weight is 389 g/mol. The summed E-state index contributed by atoms with van der Waals surface area (Å²) < 4.78 is 11.1. The van der Waals surface area contributed by atoms with Crippen LogP contribution in [0.2, 0.25) is 0 Å². The van der Waals surface area contributed by atoms with Crippen molar-refractivity contribution in [1.82, 2.24) is 15.1 Å². The predicted octanol–water partition coefficient (Wildman–Crippen LogP) is 1.79. The van der Waals surface area contributed by atoms with Gasteiger partial charge in [0.1, 0.15) is 11.9 Å². The van der Waals surface area contributed by atoms with E-state index in [1.165, 1.54) is 5.56 Å². The van der Waals surface area contributed by atoms with Gasteiger partial charge in [0.2, 0.25) is 0 Å². The number of guanidine groups is 1. The van der Waals surface area contributed by atoms with Gasteiger partial charge in [-0.15, -0.1) is 0 Å². The van der Waals surface area contributed by atoms with Crippen LogP contribution in [0.4, 0.5) is 0 Å². The Balaban J connectivity index is 1.49. The van der Waals surface area contributed by atoms with Crippen LogP contribution in [0.1, 0.15) is 30.9 Å². The Morgan fingerprint density at radius 3 is 2.64 bits per heavy atom. The first-order valence-electron chi connectivity index (χ1n) is 10.2. The summed E-state index contributed by atoms with van der Waals surface area (Å²) in [6.45, 7) is 9.12. The molecule has 1 atom stereocenters. The molecule has 7 nitrogen and oxygen atoms in total. The monoisotopic (exact) mass is 388 g/mol. The molecule has 0 spiro atoms. The first-order chi connectivity index (χ1) is 13.6. The number of rotatable bonds is 5. The molecular formula is C21H32N4O3. The van der Waals surface area contributed by atoms with Gasteiger partial charge in [0.05, 0.1) is 6.61 Å². The van der Waals surface area contributed by atoms with E-state index in [-0.39, 0.29) is 12.0 Å². The normalized spacial score (nSPS) is 20.4. The van der Waals surface area contributed by atoms with Crippen LogP contribution in [-0.2, 0) is 16.1 Å². The lowest BCUT2D eigenvalue weighted by Gasteiger charge is -2.37. The summed E-state index contributed by atoms with van der Waals surface area (Å²) in [6, 6.07) is 6.24. The van der Waals surface area contributed by atoms with Gasteiger partial charge in [-0.05, 0) is 43.9 Å². The molecule has 3 rings (SSSR count). The summed E-state index contributed by atoms with van der Waals surface area (Å²) in [6.07, 6.45) is 1.61. The van der Waals surface area contributed by atoms with Crippen molar-refractivity contribution < 1.29 is 14.3 Å². The van der Waals surface area contributed by atoms with Crippen LogP contribution in [0.15, 0.2) is 23.2 Å². The van der Waals surface area contributed by atoms with Crippen molar-refractivity contribution in [2.45, 2.75) is 39.3 Å². The molecule has 0 saturated carbocycles. The third kappa shape index (κ3) is 4.95. The Bertz CT molecular complexity index is 693. The maximum atomic E-state index is 12.5. The second-order valence-electron chi connectivity index (χ2n) is 7.25. The summed E-state index contributed by atoms with van der Waals surface area (Å²) in [5.41, 5.74) is 2.33. The molecule has 2 heterocycles. The van der Waals surface area contributed by atoms with Crippen molar-refractivity contribution in [3.8, 4) is 5.75 Å². The quantitative estimate of drug-likeness (QED) is 0.615. The number of nitrogens with zero attached hydrogens (tertiary/aromatic N) is 3. The zero-order chi connectivity index (χ0) is 19.9. The molecule has 0 bridgehead atoms. The number of carbonyl (C=O) groups is 1. The lowest BCUT2D eigenvalue weighted by atomic mass is 10.1. The van der Waals surface area contributed by atoms with E-state index in [0.717, 1.165) is 43.2 Å². The number of carbonyl (C=O) groups excluding carboxylic acids is 1. The van der Waals surface area contributed by atoms with Crippen LogP contribution in [0.5, 0.6) is 5.75 Å². The molecule has 2 aliphatic heterocycles.